The standard InChI is InChI=1S/C19H29ClN6O/c1-4-5-17(19-21-22-23-26(19)12-13-27-3)24-8-10-25(11-9-24)18-14-16(20)7-6-15(18)2/h6-7,14,17H,4-5,8-13H2,1-3H3/p+1/t17-/m1/s1. The third-order valence-corrected chi connectivity index (χ3v) is 5.60. The van der Waals surface area contributed by atoms with E-state index in [0.717, 1.165) is 49.9 Å². The molecule has 0 amide bonds. The van der Waals surface area contributed by atoms with Gasteiger partial charge in [-0.05, 0) is 35.0 Å². The smallest absolute Gasteiger partial charge is 0.209 e. The molecule has 0 unspecified atom stereocenters. The van der Waals surface area contributed by atoms with Crippen LogP contribution in [0.5, 0.6) is 0 Å². The Morgan fingerprint density at radius 3 is 2.78 bits per heavy atom. The van der Waals surface area contributed by atoms with Crippen molar-refractivity contribution in [2.24, 2.45) is 0 Å². The lowest BCUT2D eigenvalue weighted by atomic mass is 10.1. The molecule has 1 aromatic heterocycles. The molecule has 1 fully saturated rings. The van der Waals surface area contributed by atoms with E-state index in [1.807, 2.05) is 10.7 Å². The van der Waals surface area contributed by atoms with E-state index in [-0.39, 0.29) is 0 Å². The predicted octanol–water partition coefficient (Wildman–Crippen LogP) is 1.53. The summed E-state index contributed by atoms with van der Waals surface area (Å²) in [7, 11) is 1.70. The number of anilines is 1. The van der Waals surface area contributed by atoms with Gasteiger partial charge < -0.3 is 14.5 Å². The van der Waals surface area contributed by atoms with Gasteiger partial charge in [-0.15, -0.1) is 5.10 Å². The number of ether oxygens (including phenoxy) is 1. The van der Waals surface area contributed by atoms with Crippen LogP contribution in [0.25, 0.3) is 0 Å². The molecule has 0 spiro atoms. The van der Waals surface area contributed by atoms with Crippen molar-refractivity contribution in [3.63, 3.8) is 0 Å². The van der Waals surface area contributed by atoms with Gasteiger partial charge in [0.05, 0.1) is 39.3 Å². The first-order valence-electron chi connectivity index (χ1n) is 9.74. The Hall–Kier alpha value is -1.70. The number of benzene rings is 1. The number of quaternary nitrogens is 1. The highest BCUT2D eigenvalue weighted by Crippen LogP contribution is 2.24. The number of hydrogen-bond donors (Lipinski definition) is 1. The first kappa shape index (κ1) is 20.0. The van der Waals surface area contributed by atoms with Crippen LogP contribution in [0.4, 0.5) is 5.69 Å². The lowest BCUT2D eigenvalue weighted by Gasteiger charge is -2.37. The normalized spacial score (nSPS) is 16.7. The summed E-state index contributed by atoms with van der Waals surface area (Å²) in [6.07, 6.45) is 2.20. The molecule has 1 aliphatic heterocycles. The molecule has 27 heavy (non-hydrogen) atoms. The van der Waals surface area contributed by atoms with Gasteiger partial charge >= 0.3 is 0 Å². The summed E-state index contributed by atoms with van der Waals surface area (Å²) in [5.41, 5.74) is 2.52. The van der Waals surface area contributed by atoms with Crippen molar-refractivity contribution < 1.29 is 9.64 Å². The number of piperazine rings is 1. The maximum absolute atomic E-state index is 6.22. The number of rotatable bonds is 8. The number of tetrazole rings is 1. The summed E-state index contributed by atoms with van der Waals surface area (Å²) in [6, 6.07) is 6.46. The summed E-state index contributed by atoms with van der Waals surface area (Å²) in [4.78, 5) is 4.00. The van der Waals surface area contributed by atoms with Gasteiger partial charge in [0.1, 0.15) is 6.04 Å². The van der Waals surface area contributed by atoms with E-state index in [4.69, 9.17) is 16.3 Å². The van der Waals surface area contributed by atoms with E-state index in [1.165, 1.54) is 11.3 Å². The first-order chi connectivity index (χ1) is 13.1. The summed E-state index contributed by atoms with van der Waals surface area (Å²) in [5.74, 6) is 0.983. The van der Waals surface area contributed by atoms with Gasteiger partial charge in [-0.3, -0.25) is 0 Å². The molecule has 8 heteroatoms. The maximum atomic E-state index is 6.22. The molecular formula is C19H30ClN6O+. The number of methoxy groups -OCH3 is 1. The lowest BCUT2D eigenvalue weighted by Crippen LogP contribution is -3.15. The van der Waals surface area contributed by atoms with E-state index in [0.29, 0.717) is 19.2 Å². The zero-order chi connectivity index (χ0) is 19.2. The van der Waals surface area contributed by atoms with Gasteiger partial charge in [-0.2, -0.15) is 0 Å². The molecule has 1 aromatic carbocycles. The SMILES string of the molecule is CCC[C@H](c1nnnn1CCOC)[NH+]1CCN(c2cc(Cl)ccc2C)CC1. The van der Waals surface area contributed by atoms with Gasteiger partial charge in [-0.25, -0.2) is 4.68 Å². The summed E-state index contributed by atoms with van der Waals surface area (Å²) < 4.78 is 7.11. The van der Waals surface area contributed by atoms with E-state index in [9.17, 15) is 0 Å². The average Bonchev–Trinajstić information content (AvgIpc) is 3.15. The van der Waals surface area contributed by atoms with Crippen molar-refractivity contribution in [3.05, 3.63) is 34.6 Å². The van der Waals surface area contributed by atoms with Crippen LogP contribution < -0.4 is 9.80 Å². The zero-order valence-electron chi connectivity index (χ0n) is 16.5. The Morgan fingerprint density at radius 1 is 1.30 bits per heavy atom. The second kappa shape index (κ2) is 9.48. The molecule has 0 bridgehead atoms. The largest absolute Gasteiger partial charge is 0.383 e. The Kier molecular flexibility index (Phi) is 7.04. The highest BCUT2D eigenvalue weighted by Gasteiger charge is 2.32. The van der Waals surface area contributed by atoms with E-state index < -0.39 is 0 Å². The lowest BCUT2D eigenvalue weighted by molar-refractivity contribution is -0.933. The molecule has 1 saturated heterocycles. The van der Waals surface area contributed by atoms with Gasteiger partial charge in [-0.1, -0.05) is 31.0 Å². The molecule has 1 atom stereocenters. The van der Waals surface area contributed by atoms with Crippen molar-refractivity contribution in [2.75, 3.05) is 44.8 Å². The number of halogens is 1. The highest BCUT2D eigenvalue weighted by molar-refractivity contribution is 6.30. The Morgan fingerprint density at radius 2 is 2.07 bits per heavy atom. The summed E-state index contributed by atoms with van der Waals surface area (Å²) in [5, 5.41) is 13.3. The molecule has 2 heterocycles. The molecule has 7 nitrogen and oxygen atoms in total. The topological polar surface area (TPSA) is 60.5 Å². The van der Waals surface area contributed by atoms with Crippen LogP contribution in [0.2, 0.25) is 5.02 Å². The van der Waals surface area contributed by atoms with Crippen LogP contribution >= 0.6 is 11.6 Å². The molecule has 3 rings (SSSR count). The Balaban J connectivity index is 1.70. The van der Waals surface area contributed by atoms with Crippen molar-refractivity contribution in [1.82, 2.24) is 20.2 Å². The van der Waals surface area contributed by atoms with E-state index >= 15 is 0 Å². The summed E-state index contributed by atoms with van der Waals surface area (Å²) >= 11 is 6.22. The second-order valence-corrected chi connectivity index (χ2v) is 7.61. The van der Waals surface area contributed by atoms with E-state index in [1.54, 1.807) is 12.0 Å². The van der Waals surface area contributed by atoms with Crippen LogP contribution in [0.15, 0.2) is 18.2 Å². The average molecular weight is 394 g/mol. The van der Waals surface area contributed by atoms with Gasteiger partial charge in [0, 0.05) is 24.2 Å². The third kappa shape index (κ3) is 4.78. The minimum atomic E-state index is 0.324. The van der Waals surface area contributed by atoms with Crippen molar-refractivity contribution in [3.8, 4) is 0 Å². The molecule has 0 aliphatic carbocycles. The van der Waals surface area contributed by atoms with Crippen LogP contribution in [0, 0.1) is 6.92 Å². The predicted molar refractivity (Wildman–Crippen MR) is 106 cm³/mol. The van der Waals surface area contributed by atoms with Crippen LogP contribution in [0.3, 0.4) is 0 Å². The zero-order valence-corrected chi connectivity index (χ0v) is 17.2. The Bertz CT molecular complexity index is 729. The molecule has 0 saturated carbocycles. The van der Waals surface area contributed by atoms with Crippen LogP contribution in [-0.2, 0) is 11.3 Å². The van der Waals surface area contributed by atoms with E-state index in [2.05, 4.69) is 46.4 Å². The maximum Gasteiger partial charge on any atom is 0.209 e. The minimum Gasteiger partial charge on any atom is -0.383 e. The van der Waals surface area contributed by atoms with Crippen LogP contribution in [0.1, 0.15) is 37.2 Å². The van der Waals surface area contributed by atoms with Crippen LogP contribution in [-0.4, -0.2) is 60.1 Å². The monoisotopic (exact) mass is 393 g/mol. The number of nitrogens with one attached hydrogen (secondary N) is 1. The van der Waals surface area contributed by atoms with Gasteiger partial charge in [0.15, 0.2) is 0 Å². The summed E-state index contributed by atoms with van der Waals surface area (Å²) in [6.45, 7) is 9.83. The Labute approximate surface area is 166 Å². The molecule has 0 radical (unpaired) electrons. The molecule has 1 N–H and O–H groups in total. The van der Waals surface area contributed by atoms with Crippen molar-refractivity contribution in [2.45, 2.75) is 39.3 Å². The number of aryl methyl sites for hydroxylation is 1. The molecule has 148 valence electrons. The number of hydrogen-bond acceptors (Lipinski definition) is 5. The van der Waals surface area contributed by atoms with Gasteiger partial charge in [0.2, 0.25) is 5.82 Å². The fourth-order valence-corrected chi connectivity index (χ4v) is 4.08. The van der Waals surface area contributed by atoms with Gasteiger partial charge in [0.25, 0.3) is 0 Å². The number of aromatic nitrogens is 4. The molecular weight excluding hydrogens is 364 g/mol. The minimum absolute atomic E-state index is 0.324. The fourth-order valence-electron chi connectivity index (χ4n) is 3.91. The highest BCUT2D eigenvalue weighted by atomic mass is 35.5. The molecule has 1 aliphatic rings. The first-order valence-corrected chi connectivity index (χ1v) is 10.1. The van der Waals surface area contributed by atoms with Crippen molar-refractivity contribution in [1.29, 1.82) is 0 Å². The molecule has 2 aromatic rings. The third-order valence-electron chi connectivity index (χ3n) is 5.37. The fraction of sp³-hybridized carbons (Fsp3) is 0.632. The quantitative estimate of drug-likeness (QED) is 0.737. The second-order valence-electron chi connectivity index (χ2n) is 7.17. The number of nitrogens with zero attached hydrogens (tertiary/aromatic N) is 5. The van der Waals surface area contributed by atoms with Crippen molar-refractivity contribution >= 4 is 17.3 Å².